The molecule has 15 heteroatoms. The number of hydrogen-bond acceptors (Lipinski definition) is 9. The van der Waals surface area contributed by atoms with Crippen molar-refractivity contribution in [3.05, 3.63) is 0 Å². The molecule has 182 valence electrons. The first-order chi connectivity index (χ1) is 14.9. The van der Waals surface area contributed by atoms with Gasteiger partial charge in [0, 0.05) is 5.75 Å². The molecule has 0 aromatic carbocycles. The Bertz CT molecular complexity index is 706. The Morgan fingerprint density at radius 2 is 1.22 bits per heavy atom. The van der Waals surface area contributed by atoms with Crippen LogP contribution in [0, 0.1) is 0 Å². The van der Waals surface area contributed by atoms with E-state index in [0.29, 0.717) is 19.4 Å². The van der Waals surface area contributed by atoms with Crippen molar-refractivity contribution in [3.63, 3.8) is 0 Å². The van der Waals surface area contributed by atoms with Gasteiger partial charge in [-0.2, -0.15) is 12.6 Å². The lowest BCUT2D eigenvalue weighted by Gasteiger charge is -2.23. The minimum absolute atomic E-state index is 0.256. The summed E-state index contributed by atoms with van der Waals surface area (Å²) in [7, 11) is 0. The van der Waals surface area contributed by atoms with E-state index in [1.54, 1.807) is 0 Å². The fraction of sp³-hybridized carbons (Fsp3) is 0.647. The van der Waals surface area contributed by atoms with Crippen LogP contribution < -0.4 is 27.4 Å². The first kappa shape index (κ1) is 29.1. The number of carbonyl (C=O) groups excluding carboxylic acids is 3. The van der Waals surface area contributed by atoms with Crippen LogP contribution in [0.4, 0.5) is 0 Å². The number of rotatable bonds is 16. The van der Waals surface area contributed by atoms with Crippen LogP contribution in [0.2, 0.25) is 0 Å². The SMILES string of the molecule is NCCCCC(N)C(=O)NC(CC(=O)O)C(=O)NC(CS)C(=O)NC(CC(=O)O)C(=O)O. The van der Waals surface area contributed by atoms with Gasteiger partial charge in [-0.15, -0.1) is 0 Å². The molecule has 0 spiro atoms. The Kier molecular flexibility index (Phi) is 13.6. The highest BCUT2D eigenvalue weighted by Gasteiger charge is 2.31. The van der Waals surface area contributed by atoms with Gasteiger partial charge in [0.05, 0.1) is 18.9 Å². The molecule has 32 heavy (non-hydrogen) atoms. The Morgan fingerprint density at radius 1 is 0.750 bits per heavy atom. The second kappa shape index (κ2) is 15.0. The van der Waals surface area contributed by atoms with Crippen molar-refractivity contribution in [1.29, 1.82) is 0 Å². The predicted molar refractivity (Wildman–Crippen MR) is 113 cm³/mol. The zero-order chi connectivity index (χ0) is 24.8. The summed E-state index contributed by atoms with van der Waals surface area (Å²) in [6.07, 6.45) is -0.299. The van der Waals surface area contributed by atoms with Crippen LogP contribution in [-0.2, 0) is 28.8 Å². The lowest BCUT2D eigenvalue weighted by molar-refractivity contribution is -0.147. The van der Waals surface area contributed by atoms with Crippen molar-refractivity contribution in [2.24, 2.45) is 11.5 Å². The molecule has 0 aliphatic carbocycles. The van der Waals surface area contributed by atoms with E-state index in [-0.39, 0.29) is 12.2 Å². The van der Waals surface area contributed by atoms with E-state index < -0.39 is 72.6 Å². The van der Waals surface area contributed by atoms with Gasteiger partial charge in [0.1, 0.15) is 18.1 Å². The highest BCUT2D eigenvalue weighted by molar-refractivity contribution is 7.80. The summed E-state index contributed by atoms with van der Waals surface area (Å²) in [4.78, 5) is 69.9. The van der Waals surface area contributed by atoms with E-state index in [1.165, 1.54) is 0 Å². The summed E-state index contributed by atoms with van der Waals surface area (Å²) in [5, 5.41) is 33.1. The smallest absolute Gasteiger partial charge is 0.326 e. The molecule has 0 aromatic rings. The largest absolute Gasteiger partial charge is 0.481 e. The van der Waals surface area contributed by atoms with Gasteiger partial charge >= 0.3 is 17.9 Å². The van der Waals surface area contributed by atoms with Crippen molar-refractivity contribution in [3.8, 4) is 0 Å². The van der Waals surface area contributed by atoms with E-state index >= 15 is 0 Å². The standard InChI is InChI=1S/C17H29N5O9S/c18-4-2-1-3-8(19)14(27)20-9(5-12(23)24)15(28)22-11(7-32)16(29)21-10(17(30)31)6-13(25)26/h8-11,32H,1-7,18-19H2,(H,20,27)(H,21,29)(H,22,28)(H,23,24)(H,25,26)(H,30,31). The molecule has 0 fully saturated rings. The van der Waals surface area contributed by atoms with Crippen LogP contribution >= 0.6 is 12.6 Å². The van der Waals surface area contributed by atoms with Crippen molar-refractivity contribution < 1.29 is 44.1 Å². The average molecular weight is 480 g/mol. The number of unbranched alkanes of at least 4 members (excludes halogenated alkanes) is 1. The molecule has 0 saturated carbocycles. The van der Waals surface area contributed by atoms with Gasteiger partial charge in [-0.25, -0.2) is 4.79 Å². The summed E-state index contributed by atoms with van der Waals surface area (Å²) >= 11 is 3.89. The Balaban J connectivity index is 5.20. The molecule has 0 aliphatic heterocycles. The van der Waals surface area contributed by atoms with Crippen molar-refractivity contribution in [2.45, 2.75) is 56.3 Å². The third kappa shape index (κ3) is 11.5. The lowest BCUT2D eigenvalue weighted by atomic mass is 10.1. The molecule has 0 heterocycles. The number of nitrogens with two attached hydrogens (primary N) is 2. The maximum absolute atomic E-state index is 12.5. The van der Waals surface area contributed by atoms with Gasteiger partial charge in [-0.05, 0) is 19.4 Å². The molecule has 0 aliphatic rings. The molecular formula is C17H29N5O9S. The summed E-state index contributed by atoms with van der Waals surface area (Å²) in [5.74, 6) is -7.70. The quantitative estimate of drug-likeness (QED) is 0.0789. The molecule has 0 radical (unpaired) electrons. The monoisotopic (exact) mass is 479 g/mol. The maximum Gasteiger partial charge on any atom is 0.326 e. The van der Waals surface area contributed by atoms with Crippen LogP contribution in [0.5, 0.6) is 0 Å². The predicted octanol–water partition coefficient (Wildman–Crippen LogP) is -3.14. The topological polar surface area (TPSA) is 251 Å². The van der Waals surface area contributed by atoms with Crippen LogP contribution in [0.1, 0.15) is 32.1 Å². The fourth-order valence-corrected chi connectivity index (χ4v) is 2.67. The second-order valence-corrected chi connectivity index (χ2v) is 7.16. The van der Waals surface area contributed by atoms with E-state index in [2.05, 4.69) is 23.3 Å². The van der Waals surface area contributed by atoms with Gasteiger partial charge in [0.25, 0.3) is 0 Å². The number of carboxylic acid groups (broad SMARTS) is 3. The minimum atomic E-state index is -1.76. The molecule has 0 bridgehead atoms. The van der Waals surface area contributed by atoms with Crippen LogP contribution in [-0.4, -0.2) is 87.4 Å². The molecule has 4 unspecified atom stereocenters. The number of amides is 3. The van der Waals surface area contributed by atoms with Gasteiger partial charge < -0.3 is 42.7 Å². The highest BCUT2D eigenvalue weighted by Crippen LogP contribution is 2.02. The van der Waals surface area contributed by atoms with E-state index in [9.17, 15) is 28.8 Å². The van der Waals surface area contributed by atoms with Crippen molar-refractivity contribution >= 4 is 48.3 Å². The Hall–Kier alpha value is -2.91. The third-order valence-electron chi connectivity index (χ3n) is 4.13. The molecule has 4 atom stereocenters. The number of aliphatic carboxylic acids is 3. The van der Waals surface area contributed by atoms with Crippen molar-refractivity contribution in [2.75, 3.05) is 12.3 Å². The number of carbonyl (C=O) groups is 6. The zero-order valence-electron chi connectivity index (χ0n) is 17.2. The molecule has 0 saturated heterocycles. The number of hydrogen-bond donors (Lipinski definition) is 9. The lowest BCUT2D eigenvalue weighted by Crippen LogP contribution is -2.58. The highest BCUT2D eigenvalue weighted by atomic mass is 32.1. The molecule has 14 nitrogen and oxygen atoms in total. The Morgan fingerprint density at radius 3 is 1.69 bits per heavy atom. The third-order valence-corrected chi connectivity index (χ3v) is 4.49. The number of carboxylic acids is 3. The zero-order valence-corrected chi connectivity index (χ0v) is 18.0. The van der Waals surface area contributed by atoms with Gasteiger partial charge in [0.2, 0.25) is 17.7 Å². The molecular weight excluding hydrogens is 450 g/mol. The second-order valence-electron chi connectivity index (χ2n) is 6.79. The number of thiol groups is 1. The first-order valence-electron chi connectivity index (χ1n) is 9.56. The van der Waals surface area contributed by atoms with Gasteiger partial charge in [0.15, 0.2) is 0 Å². The van der Waals surface area contributed by atoms with Gasteiger partial charge in [-0.1, -0.05) is 6.42 Å². The van der Waals surface area contributed by atoms with E-state index in [0.717, 1.165) is 0 Å². The van der Waals surface area contributed by atoms with Crippen LogP contribution in [0.15, 0.2) is 0 Å². The van der Waals surface area contributed by atoms with E-state index in [4.69, 9.17) is 26.8 Å². The Labute approximate surface area is 188 Å². The van der Waals surface area contributed by atoms with E-state index in [1.807, 2.05) is 5.32 Å². The molecule has 3 amide bonds. The molecule has 0 rings (SSSR count). The van der Waals surface area contributed by atoms with Crippen LogP contribution in [0.25, 0.3) is 0 Å². The molecule has 10 N–H and O–H groups in total. The van der Waals surface area contributed by atoms with Crippen LogP contribution in [0.3, 0.4) is 0 Å². The fourth-order valence-electron chi connectivity index (χ4n) is 2.42. The minimum Gasteiger partial charge on any atom is -0.481 e. The first-order valence-corrected chi connectivity index (χ1v) is 10.2. The number of nitrogens with one attached hydrogen (secondary N) is 3. The summed E-state index contributed by atoms with van der Waals surface area (Å²) in [5.41, 5.74) is 11.1. The maximum atomic E-state index is 12.5. The summed E-state index contributed by atoms with van der Waals surface area (Å²) in [6.45, 7) is 0.404. The average Bonchev–Trinajstić information content (AvgIpc) is 2.69. The summed E-state index contributed by atoms with van der Waals surface area (Å²) in [6, 6.07) is -5.79. The normalized spacial score (nSPS) is 14.3. The molecule has 0 aromatic heterocycles. The van der Waals surface area contributed by atoms with Crippen molar-refractivity contribution in [1.82, 2.24) is 16.0 Å². The van der Waals surface area contributed by atoms with Gasteiger partial charge in [-0.3, -0.25) is 24.0 Å². The summed E-state index contributed by atoms with van der Waals surface area (Å²) < 4.78 is 0.